The molecule has 0 spiro atoms. The molecule has 0 fully saturated rings. The second kappa shape index (κ2) is 13.4. The van der Waals surface area contributed by atoms with Gasteiger partial charge in [-0.05, 0) is 25.8 Å². The third kappa shape index (κ3) is 10.4. The first-order valence-electron chi connectivity index (χ1n) is 8.50. The SMILES string of the molecule is NCCCCC(NC(=O)CNC(=O)C(CC(=O)O)NC(=O)C(N)CO)C(=O)O. The van der Waals surface area contributed by atoms with Crippen LogP contribution in [-0.4, -0.2) is 82.8 Å². The largest absolute Gasteiger partial charge is 0.481 e. The fourth-order valence-electron chi connectivity index (χ4n) is 2.03. The van der Waals surface area contributed by atoms with Gasteiger partial charge in [-0.15, -0.1) is 0 Å². The lowest BCUT2D eigenvalue weighted by Crippen LogP contribution is -2.54. The number of rotatable bonds is 14. The Kier molecular flexibility index (Phi) is 12.1. The average molecular weight is 405 g/mol. The van der Waals surface area contributed by atoms with Crippen LogP contribution in [-0.2, 0) is 24.0 Å². The number of aliphatic hydroxyl groups excluding tert-OH is 1. The van der Waals surface area contributed by atoms with Crippen molar-refractivity contribution in [2.24, 2.45) is 11.5 Å². The van der Waals surface area contributed by atoms with Gasteiger partial charge in [-0.25, -0.2) is 4.79 Å². The molecule has 3 unspecified atom stereocenters. The number of carboxylic acid groups (broad SMARTS) is 2. The smallest absolute Gasteiger partial charge is 0.326 e. The summed E-state index contributed by atoms with van der Waals surface area (Å²) in [6.45, 7) is -0.957. The van der Waals surface area contributed by atoms with Crippen LogP contribution >= 0.6 is 0 Å². The number of carbonyl (C=O) groups excluding carboxylic acids is 3. The van der Waals surface area contributed by atoms with Crippen LogP contribution < -0.4 is 27.4 Å². The van der Waals surface area contributed by atoms with Crippen molar-refractivity contribution in [3.05, 3.63) is 0 Å². The number of nitrogens with two attached hydrogens (primary N) is 2. The summed E-state index contributed by atoms with van der Waals surface area (Å²) in [5, 5.41) is 33.1. The number of nitrogens with one attached hydrogen (secondary N) is 3. The lowest BCUT2D eigenvalue weighted by molar-refractivity contribution is -0.142. The van der Waals surface area contributed by atoms with Crippen molar-refractivity contribution < 1.29 is 39.3 Å². The van der Waals surface area contributed by atoms with E-state index in [-0.39, 0.29) is 6.42 Å². The molecule has 0 aliphatic rings. The van der Waals surface area contributed by atoms with E-state index in [2.05, 4.69) is 16.0 Å². The zero-order chi connectivity index (χ0) is 21.7. The number of carbonyl (C=O) groups is 5. The normalized spacial score (nSPS) is 13.7. The minimum atomic E-state index is -1.53. The molecule has 0 saturated heterocycles. The van der Waals surface area contributed by atoms with E-state index in [0.29, 0.717) is 19.4 Å². The van der Waals surface area contributed by atoms with Gasteiger partial charge in [0, 0.05) is 0 Å². The summed E-state index contributed by atoms with van der Waals surface area (Å²) in [4.78, 5) is 57.5. The molecule has 0 heterocycles. The summed E-state index contributed by atoms with van der Waals surface area (Å²) in [6, 6.07) is -4.04. The number of carboxylic acids is 2. The Morgan fingerprint density at radius 3 is 2.07 bits per heavy atom. The van der Waals surface area contributed by atoms with Gasteiger partial charge in [-0.3, -0.25) is 19.2 Å². The Morgan fingerprint density at radius 2 is 1.57 bits per heavy atom. The molecule has 0 aromatic heterocycles. The van der Waals surface area contributed by atoms with Crippen LogP contribution in [0.2, 0.25) is 0 Å². The summed E-state index contributed by atoms with van der Waals surface area (Å²) in [5.41, 5.74) is 10.6. The first-order chi connectivity index (χ1) is 13.1. The van der Waals surface area contributed by atoms with E-state index in [1.54, 1.807) is 0 Å². The number of amides is 3. The van der Waals surface area contributed by atoms with Crippen LogP contribution in [0.1, 0.15) is 25.7 Å². The fraction of sp³-hybridized carbons (Fsp3) is 0.667. The van der Waals surface area contributed by atoms with Crippen molar-refractivity contribution in [1.29, 1.82) is 0 Å². The Morgan fingerprint density at radius 1 is 0.929 bits per heavy atom. The van der Waals surface area contributed by atoms with Gasteiger partial charge in [0.05, 0.1) is 19.6 Å². The first-order valence-corrected chi connectivity index (χ1v) is 8.50. The van der Waals surface area contributed by atoms with E-state index >= 15 is 0 Å². The van der Waals surface area contributed by atoms with E-state index in [1.807, 2.05) is 0 Å². The van der Waals surface area contributed by atoms with Gasteiger partial charge in [0.2, 0.25) is 17.7 Å². The topological polar surface area (TPSA) is 234 Å². The Balaban J connectivity index is 4.71. The van der Waals surface area contributed by atoms with Crippen molar-refractivity contribution in [3.8, 4) is 0 Å². The number of unbranched alkanes of at least 4 members (excludes halogenated alkanes) is 1. The molecule has 28 heavy (non-hydrogen) atoms. The molecule has 13 nitrogen and oxygen atoms in total. The predicted octanol–water partition coefficient (Wildman–Crippen LogP) is -3.92. The zero-order valence-electron chi connectivity index (χ0n) is 15.2. The second-order valence-corrected chi connectivity index (χ2v) is 5.91. The van der Waals surface area contributed by atoms with E-state index in [0.717, 1.165) is 0 Å². The number of aliphatic carboxylic acids is 2. The van der Waals surface area contributed by atoms with Crippen LogP contribution in [0.4, 0.5) is 0 Å². The fourth-order valence-corrected chi connectivity index (χ4v) is 2.03. The quantitative estimate of drug-likeness (QED) is 0.131. The molecule has 160 valence electrons. The standard InChI is InChI=1S/C15H27N5O8/c16-4-2-1-3-9(15(27)28)19-11(22)6-18-14(26)10(5-12(23)24)20-13(25)8(17)7-21/h8-10,21H,1-7,16-17H2,(H,18,26)(H,19,22)(H,20,25)(H,23,24)(H,27,28). The highest BCUT2D eigenvalue weighted by atomic mass is 16.4. The van der Waals surface area contributed by atoms with Gasteiger partial charge in [-0.2, -0.15) is 0 Å². The maximum atomic E-state index is 12.1. The van der Waals surface area contributed by atoms with E-state index in [9.17, 15) is 24.0 Å². The van der Waals surface area contributed by atoms with Crippen LogP contribution in [0.15, 0.2) is 0 Å². The van der Waals surface area contributed by atoms with Crippen molar-refractivity contribution >= 4 is 29.7 Å². The van der Waals surface area contributed by atoms with Crippen molar-refractivity contribution in [2.75, 3.05) is 19.7 Å². The Hall–Kier alpha value is -2.77. The molecule has 3 atom stereocenters. The van der Waals surface area contributed by atoms with Gasteiger partial charge in [0.1, 0.15) is 18.1 Å². The van der Waals surface area contributed by atoms with E-state index < -0.39 is 67.4 Å². The van der Waals surface area contributed by atoms with Crippen LogP contribution in [0.3, 0.4) is 0 Å². The van der Waals surface area contributed by atoms with Gasteiger partial charge in [-0.1, -0.05) is 0 Å². The summed E-state index contributed by atoms with van der Waals surface area (Å²) in [6.07, 6.45) is 0.442. The molecule has 10 N–H and O–H groups in total. The highest BCUT2D eigenvalue weighted by Gasteiger charge is 2.26. The van der Waals surface area contributed by atoms with E-state index in [1.165, 1.54) is 0 Å². The third-order valence-electron chi connectivity index (χ3n) is 3.55. The Bertz CT molecular complexity index is 571. The lowest BCUT2D eigenvalue weighted by Gasteiger charge is -2.19. The van der Waals surface area contributed by atoms with Crippen LogP contribution in [0.5, 0.6) is 0 Å². The molecular formula is C15H27N5O8. The lowest BCUT2D eigenvalue weighted by atomic mass is 10.1. The van der Waals surface area contributed by atoms with Gasteiger partial charge >= 0.3 is 11.9 Å². The molecule has 3 amide bonds. The molecule has 13 heteroatoms. The second-order valence-electron chi connectivity index (χ2n) is 5.91. The van der Waals surface area contributed by atoms with Crippen LogP contribution in [0.25, 0.3) is 0 Å². The highest BCUT2D eigenvalue weighted by molar-refractivity contribution is 5.94. The van der Waals surface area contributed by atoms with Crippen molar-refractivity contribution in [3.63, 3.8) is 0 Å². The summed E-state index contributed by atoms with van der Waals surface area (Å²) < 4.78 is 0. The van der Waals surface area contributed by atoms with Crippen molar-refractivity contribution in [1.82, 2.24) is 16.0 Å². The third-order valence-corrected chi connectivity index (χ3v) is 3.55. The van der Waals surface area contributed by atoms with Gasteiger partial charge in [0.15, 0.2) is 0 Å². The van der Waals surface area contributed by atoms with E-state index in [4.69, 9.17) is 26.8 Å². The first kappa shape index (κ1) is 25.2. The highest BCUT2D eigenvalue weighted by Crippen LogP contribution is 2.01. The number of hydrogen-bond donors (Lipinski definition) is 8. The minimum Gasteiger partial charge on any atom is -0.481 e. The number of aliphatic hydroxyl groups is 1. The molecule has 0 saturated carbocycles. The molecule has 0 aromatic rings. The molecular weight excluding hydrogens is 378 g/mol. The Labute approximate surface area is 160 Å². The zero-order valence-corrected chi connectivity index (χ0v) is 15.2. The summed E-state index contributed by atoms with van der Waals surface area (Å²) in [7, 11) is 0. The number of hydrogen-bond acceptors (Lipinski definition) is 8. The maximum absolute atomic E-state index is 12.1. The van der Waals surface area contributed by atoms with Gasteiger partial charge in [0.25, 0.3) is 0 Å². The summed E-state index contributed by atoms with van der Waals surface area (Å²) in [5.74, 6) is -5.37. The molecule has 0 aliphatic heterocycles. The van der Waals surface area contributed by atoms with Gasteiger partial charge < -0.3 is 42.7 Å². The molecule has 0 bridgehead atoms. The predicted molar refractivity (Wildman–Crippen MR) is 94.7 cm³/mol. The minimum absolute atomic E-state index is 0.156. The average Bonchev–Trinajstić information content (AvgIpc) is 2.63. The molecule has 0 radical (unpaired) electrons. The van der Waals surface area contributed by atoms with Crippen molar-refractivity contribution in [2.45, 2.75) is 43.8 Å². The monoisotopic (exact) mass is 405 g/mol. The summed E-state index contributed by atoms with van der Waals surface area (Å²) >= 11 is 0. The molecule has 0 aliphatic carbocycles. The van der Waals surface area contributed by atoms with Crippen LogP contribution in [0, 0.1) is 0 Å². The maximum Gasteiger partial charge on any atom is 0.326 e. The molecule has 0 rings (SSSR count). The molecule has 0 aromatic carbocycles.